The van der Waals surface area contributed by atoms with Gasteiger partial charge in [0.1, 0.15) is 5.82 Å². The van der Waals surface area contributed by atoms with Crippen LogP contribution in [0.25, 0.3) is 0 Å². The summed E-state index contributed by atoms with van der Waals surface area (Å²) in [5.74, 6) is -0.432. The van der Waals surface area contributed by atoms with E-state index < -0.39 is 11.4 Å². The van der Waals surface area contributed by atoms with Crippen molar-refractivity contribution in [3.63, 3.8) is 0 Å². The van der Waals surface area contributed by atoms with Gasteiger partial charge in [-0.3, -0.25) is 9.59 Å². The Morgan fingerprint density at radius 1 is 1.12 bits per heavy atom. The normalized spacial score (nSPS) is 14.8. The number of carbonyl (C=O) groups excluding carboxylic acids is 2. The standard InChI is InChI=1S/C16H14Cl2N4O2/c17-10-2-1-3-11(18)13(10)14(23)21-9-4-7-20-12(8-9)22-15(24)16(19)5-6-16/h1-4,7-8H,5-6,19H2,(H2,20,21,22,23,24). The Bertz CT molecular complexity index is 801. The molecule has 1 heterocycles. The Morgan fingerprint density at radius 2 is 1.79 bits per heavy atom. The van der Waals surface area contributed by atoms with Gasteiger partial charge in [0.2, 0.25) is 5.91 Å². The van der Waals surface area contributed by atoms with Crippen LogP contribution in [0.1, 0.15) is 23.2 Å². The fraction of sp³-hybridized carbons (Fsp3) is 0.188. The number of hydrogen-bond acceptors (Lipinski definition) is 4. The summed E-state index contributed by atoms with van der Waals surface area (Å²) in [5, 5.41) is 5.82. The van der Waals surface area contributed by atoms with E-state index in [4.69, 9.17) is 28.9 Å². The molecule has 0 aliphatic heterocycles. The highest BCUT2D eigenvalue weighted by Crippen LogP contribution is 2.33. The minimum Gasteiger partial charge on any atom is -0.322 e. The monoisotopic (exact) mass is 364 g/mol. The number of aromatic nitrogens is 1. The second-order valence-corrected chi connectivity index (χ2v) is 6.41. The quantitative estimate of drug-likeness (QED) is 0.776. The maximum Gasteiger partial charge on any atom is 0.258 e. The predicted octanol–water partition coefficient (Wildman–Crippen LogP) is 3.07. The average molecular weight is 365 g/mol. The summed E-state index contributed by atoms with van der Waals surface area (Å²) in [6.45, 7) is 0. The Balaban J connectivity index is 1.75. The summed E-state index contributed by atoms with van der Waals surface area (Å²) in [5.41, 5.74) is 5.66. The minimum atomic E-state index is -0.800. The first-order valence-electron chi connectivity index (χ1n) is 7.21. The number of carbonyl (C=O) groups is 2. The van der Waals surface area contributed by atoms with Crippen molar-refractivity contribution in [2.24, 2.45) is 5.73 Å². The molecule has 0 bridgehead atoms. The topological polar surface area (TPSA) is 97.1 Å². The Morgan fingerprint density at radius 3 is 2.42 bits per heavy atom. The van der Waals surface area contributed by atoms with Gasteiger partial charge in [-0.1, -0.05) is 29.3 Å². The molecule has 0 radical (unpaired) electrons. The molecular formula is C16H14Cl2N4O2. The third-order valence-corrected chi connectivity index (χ3v) is 4.32. The molecule has 124 valence electrons. The summed E-state index contributed by atoms with van der Waals surface area (Å²) >= 11 is 12.0. The van der Waals surface area contributed by atoms with E-state index in [9.17, 15) is 9.59 Å². The largest absolute Gasteiger partial charge is 0.322 e. The van der Waals surface area contributed by atoms with Crippen LogP contribution in [-0.2, 0) is 4.79 Å². The van der Waals surface area contributed by atoms with Gasteiger partial charge in [-0.25, -0.2) is 4.98 Å². The number of nitrogens with zero attached hydrogens (tertiary/aromatic N) is 1. The van der Waals surface area contributed by atoms with Crippen molar-refractivity contribution >= 4 is 46.5 Å². The highest BCUT2D eigenvalue weighted by molar-refractivity contribution is 6.40. The molecule has 6 nitrogen and oxygen atoms in total. The average Bonchev–Trinajstić information content (AvgIpc) is 3.26. The Hall–Kier alpha value is -2.15. The van der Waals surface area contributed by atoms with Gasteiger partial charge in [0, 0.05) is 18.0 Å². The van der Waals surface area contributed by atoms with E-state index in [1.54, 1.807) is 24.3 Å². The van der Waals surface area contributed by atoms with Crippen molar-refractivity contribution in [3.8, 4) is 0 Å². The maximum absolute atomic E-state index is 12.4. The first-order valence-corrected chi connectivity index (χ1v) is 7.96. The highest BCUT2D eigenvalue weighted by atomic mass is 35.5. The van der Waals surface area contributed by atoms with Gasteiger partial charge in [-0.2, -0.15) is 0 Å². The van der Waals surface area contributed by atoms with Crippen molar-refractivity contribution < 1.29 is 9.59 Å². The first kappa shape index (κ1) is 16.7. The fourth-order valence-electron chi connectivity index (χ4n) is 2.09. The first-order chi connectivity index (χ1) is 11.4. The van der Waals surface area contributed by atoms with Crippen LogP contribution < -0.4 is 16.4 Å². The van der Waals surface area contributed by atoms with E-state index in [0.29, 0.717) is 24.3 Å². The van der Waals surface area contributed by atoms with E-state index >= 15 is 0 Å². The van der Waals surface area contributed by atoms with Crippen molar-refractivity contribution in [3.05, 3.63) is 52.1 Å². The molecule has 0 atom stereocenters. The fourth-order valence-corrected chi connectivity index (χ4v) is 2.66. The van der Waals surface area contributed by atoms with Gasteiger partial charge in [0.15, 0.2) is 0 Å². The van der Waals surface area contributed by atoms with Crippen molar-refractivity contribution in [2.45, 2.75) is 18.4 Å². The number of nitrogens with one attached hydrogen (secondary N) is 2. The third-order valence-electron chi connectivity index (χ3n) is 3.69. The van der Waals surface area contributed by atoms with Crippen molar-refractivity contribution in [1.29, 1.82) is 0 Å². The zero-order chi connectivity index (χ0) is 17.3. The number of hydrogen-bond donors (Lipinski definition) is 3. The summed E-state index contributed by atoms with van der Waals surface area (Å²) in [6.07, 6.45) is 2.77. The number of rotatable bonds is 4. The number of anilines is 2. The summed E-state index contributed by atoms with van der Waals surface area (Å²) < 4.78 is 0. The molecular weight excluding hydrogens is 351 g/mol. The molecule has 1 saturated carbocycles. The van der Waals surface area contributed by atoms with E-state index in [2.05, 4.69) is 15.6 Å². The molecule has 3 rings (SSSR count). The van der Waals surface area contributed by atoms with Crippen LogP contribution >= 0.6 is 23.2 Å². The molecule has 1 aliphatic carbocycles. The van der Waals surface area contributed by atoms with Gasteiger partial charge in [0.05, 0.1) is 21.1 Å². The number of amides is 2. The second-order valence-electron chi connectivity index (χ2n) is 5.59. The Labute approximate surface area is 148 Å². The summed E-state index contributed by atoms with van der Waals surface area (Å²) in [4.78, 5) is 28.3. The zero-order valence-corrected chi connectivity index (χ0v) is 14.0. The van der Waals surface area contributed by atoms with Crippen molar-refractivity contribution in [1.82, 2.24) is 4.98 Å². The molecule has 4 N–H and O–H groups in total. The predicted molar refractivity (Wildman–Crippen MR) is 93.4 cm³/mol. The molecule has 0 saturated heterocycles. The van der Waals surface area contributed by atoms with Crippen molar-refractivity contribution in [2.75, 3.05) is 10.6 Å². The van der Waals surface area contributed by atoms with Gasteiger partial charge in [-0.05, 0) is 31.0 Å². The molecule has 0 spiro atoms. The molecule has 1 aliphatic rings. The highest BCUT2D eigenvalue weighted by Gasteiger charge is 2.46. The van der Waals surface area contributed by atoms with Crippen LogP contribution in [0.5, 0.6) is 0 Å². The van der Waals surface area contributed by atoms with Gasteiger partial charge in [-0.15, -0.1) is 0 Å². The maximum atomic E-state index is 12.4. The number of halogens is 2. The van der Waals surface area contributed by atoms with Crippen LogP contribution in [0.4, 0.5) is 11.5 Å². The van der Waals surface area contributed by atoms with Crippen LogP contribution in [0.3, 0.4) is 0 Å². The minimum absolute atomic E-state index is 0.183. The van der Waals surface area contributed by atoms with E-state index in [-0.39, 0.29) is 21.5 Å². The van der Waals surface area contributed by atoms with E-state index in [1.165, 1.54) is 12.3 Å². The van der Waals surface area contributed by atoms with Gasteiger partial charge >= 0.3 is 0 Å². The number of pyridine rings is 1. The van der Waals surface area contributed by atoms with E-state index in [1.807, 2.05) is 0 Å². The Kier molecular flexibility index (Phi) is 4.45. The lowest BCUT2D eigenvalue weighted by Crippen LogP contribution is -2.38. The lowest BCUT2D eigenvalue weighted by Gasteiger charge is -2.11. The number of benzene rings is 1. The lowest BCUT2D eigenvalue weighted by atomic mass is 10.2. The SMILES string of the molecule is NC1(C(=O)Nc2cc(NC(=O)c3c(Cl)cccc3Cl)ccn2)CC1. The summed E-state index contributed by atoms with van der Waals surface area (Å²) in [6, 6.07) is 7.94. The van der Waals surface area contributed by atoms with Crippen LogP contribution in [-0.4, -0.2) is 22.3 Å². The second kappa shape index (κ2) is 6.39. The summed E-state index contributed by atoms with van der Waals surface area (Å²) in [7, 11) is 0. The van der Waals surface area contributed by atoms with E-state index in [0.717, 1.165) is 0 Å². The third kappa shape index (κ3) is 3.51. The molecule has 1 aromatic heterocycles. The molecule has 2 amide bonds. The van der Waals surface area contributed by atoms with Gasteiger partial charge < -0.3 is 16.4 Å². The van der Waals surface area contributed by atoms with Crippen LogP contribution in [0.15, 0.2) is 36.5 Å². The molecule has 1 aromatic carbocycles. The number of nitrogens with two attached hydrogens (primary N) is 1. The van der Waals surface area contributed by atoms with Crippen LogP contribution in [0.2, 0.25) is 10.0 Å². The molecule has 2 aromatic rings. The molecule has 1 fully saturated rings. The van der Waals surface area contributed by atoms with Crippen LogP contribution in [0, 0.1) is 0 Å². The zero-order valence-electron chi connectivity index (χ0n) is 12.5. The van der Waals surface area contributed by atoms with Gasteiger partial charge in [0.25, 0.3) is 5.91 Å². The lowest BCUT2D eigenvalue weighted by molar-refractivity contribution is -0.118. The smallest absolute Gasteiger partial charge is 0.258 e. The molecule has 24 heavy (non-hydrogen) atoms. The molecule has 8 heteroatoms. The molecule has 0 unspecified atom stereocenters.